The summed E-state index contributed by atoms with van der Waals surface area (Å²) < 4.78 is 38.1. The van der Waals surface area contributed by atoms with Gasteiger partial charge in [-0.2, -0.15) is 4.31 Å². The third-order valence-electron chi connectivity index (χ3n) is 5.36. The van der Waals surface area contributed by atoms with Gasteiger partial charge in [0.1, 0.15) is 16.4 Å². The molecule has 1 aliphatic heterocycles. The van der Waals surface area contributed by atoms with E-state index in [-0.39, 0.29) is 22.5 Å². The van der Waals surface area contributed by atoms with E-state index in [1.54, 1.807) is 13.2 Å². The Bertz CT molecular complexity index is 910. The van der Waals surface area contributed by atoms with Crippen molar-refractivity contribution in [2.75, 3.05) is 32.7 Å². The minimum absolute atomic E-state index is 0.00184. The van der Waals surface area contributed by atoms with Gasteiger partial charge in [-0.25, -0.2) is 8.42 Å². The second kappa shape index (κ2) is 9.15. The first-order valence-electron chi connectivity index (χ1n) is 10.0. The molecule has 1 fully saturated rings. The van der Waals surface area contributed by atoms with Crippen molar-refractivity contribution in [3.05, 3.63) is 41.7 Å². The first kappa shape index (κ1) is 21.6. The first-order chi connectivity index (χ1) is 13.9. The lowest BCUT2D eigenvalue weighted by atomic mass is 10.2. The van der Waals surface area contributed by atoms with Crippen LogP contribution in [0.1, 0.15) is 54.8 Å². The molecule has 3 rings (SSSR count). The van der Waals surface area contributed by atoms with Crippen molar-refractivity contribution >= 4 is 15.9 Å². The topological polar surface area (TPSA) is 96.0 Å². The second-order valence-corrected chi connectivity index (χ2v) is 9.01. The van der Waals surface area contributed by atoms with Crippen LogP contribution >= 0.6 is 0 Å². The van der Waals surface area contributed by atoms with Crippen molar-refractivity contribution in [3.8, 4) is 0 Å². The molecule has 1 unspecified atom stereocenters. The lowest BCUT2D eigenvalue weighted by Crippen LogP contribution is -2.37. The van der Waals surface area contributed by atoms with Gasteiger partial charge >= 0.3 is 0 Å². The Kier molecular flexibility index (Phi) is 6.81. The van der Waals surface area contributed by atoms with Crippen molar-refractivity contribution in [2.45, 2.75) is 44.6 Å². The Balaban J connectivity index is 1.74. The number of hydrogen-bond donors (Lipinski definition) is 1. The fourth-order valence-corrected chi connectivity index (χ4v) is 5.41. The van der Waals surface area contributed by atoms with Crippen molar-refractivity contribution in [3.63, 3.8) is 0 Å². The third kappa shape index (κ3) is 4.57. The maximum Gasteiger partial charge on any atom is 0.287 e. The summed E-state index contributed by atoms with van der Waals surface area (Å²) in [6.07, 6.45) is 3.31. The van der Waals surface area contributed by atoms with E-state index in [0.717, 1.165) is 31.7 Å². The molecule has 0 saturated carbocycles. The van der Waals surface area contributed by atoms with Crippen molar-refractivity contribution in [1.29, 1.82) is 0 Å². The minimum atomic E-state index is -3.63. The third-order valence-corrected chi connectivity index (χ3v) is 7.37. The number of nitrogens with one attached hydrogen (secondary N) is 1. The van der Waals surface area contributed by atoms with Crippen LogP contribution in [0.15, 0.2) is 38.2 Å². The quantitative estimate of drug-likeness (QED) is 0.666. The predicted octanol–water partition coefficient (Wildman–Crippen LogP) is 2.78. The number of carbonyl (C=O) groups excluding carboxylic acids is 1. The van der Waals surface area contributed by atoms with Crippen molar-refractivity contribution in [2.24, 2.45) is 0 Å². The summed E-state index contributed by atoms with van der Waals surface area (Å²) in [5.41, 5.74) is 0. The maximum absolute atomic E-state index is 12.8. The molecule has 0 aliphatic carbocycles. The van der Waals surface area contributed by atoms with E-state index in [2.05, 4.69) is 10.2 Å². The molecule has 1 amide bonds. The van der Waals surface area contributed by atoms with Gasteiger partial charge in [-0.05, 0) is 45.0 Å². The summed E-state index contributed by atoms with van der Waals surface area (Å²) in [5, 5.41) is 2.86. The Hall–Kier alpha value is -2.10. The Labute approximate surface area is 171 Å². The average molecular weight is 424 g/mol. The number of furan rings is 2. The largest absolute Gasteiger partial charge is 0.468 e. The monoisotopic (exact) mass is 423 g/mol. The smallest absolute Gasteiger partial charge is 0.287 e. The Morgan fingerprint density at radius 1 is 1.28 bits per heavy atom. The van der Waals surface area contributed by atoms with Crippen LogP contribution < -0.4 is 5.32 Å². The van der Waals surface area contributed by atoms with Gasteiger partial charge in [-0.1, -0.05) is 13.8 Å². The normalized spacial score (nSPS) is 16.4. The Morgan fingerprint density at radius 2 is 1.97 bits per heavy atom. The van der Waals surface area contributed by atoms with Gasteiger partial charge in [0.2, 0.25) is 10.0 Å². The summed E-state index contributed by atoms with van der Waals surface area (Å²) in [5.74, 6) is 0.549. The summed E-state index contributed by atoms with van der Waals surface area (Å²) in [7, 11) is -3.63. The molecule has 2 aromatic rings. The van der Waals surface area contributed by atoms with Crippen LogP contribution in [-0.4, -0.2) is 56.3 Å². The maximum atomic E-state index is 12.8. The van der Waals surface area contributed by atoms with Crippen LogP contribution in [0.5, 0.6) is 0 Å². The number of aryl methyl sites for hydroxylation is 1. The number of sulfonamides is 1. The van der Waals surface area contributed by atoms with E-state index in [1.165, 1.54) is 10.4 Å². The van der Waals surface area contributed by atoms with Crippen LogP contribution in [0, 0.1) is 6.92 Å². The molecule has 1 saturated heterocycles. The average Bonchev–Trinajstić information content (AvgIpc) is 3.46. The second-order valence-electron chi connectivity index (χ2n) is 7.10. The molecule has 3 heterocycles. The lowest BCUT2D eigenvalue weighted by Gasteiger charge is -2.28. The molecule has 2 aromatic heterocycles. The highest BCUT2D eigenvalue weighted by atomic mass is 32.2. The molecule has 0 spiro atoms. The van der Waals surface area contributed by atoms with Gasteiger partial charge < -0.3 is 14.2 Å². The number of rotatable bonds is 9. The molecular formula is C20H29N3O5S. The zero-order valence-corrected chi connectivity index (χ0v) is 18.0. The molecule has 29 heavy (non-hydrogen) atoms. The standard InChI is InChI=1S/C20H29N3O5S/c1-4-22(5-2)16(17-9-8-12-27-17)14-21-20(24)18-13-19(15(3)28-18)29(25,26)23-10-6-7-11-23/h8-9,12-13,16H,4-7,10-11,14H2,1-3H3,(H,21,24). The van der Waals surface area contributed by atoms with Crippen LogP contribution in [0.4, 0.5) is 0 Å². The van der Waals surface area contributed by atoms with Crippen LogP contribution in [0.25, 0.3) is 0 Å². The van der Waals surface area contributed by atoms with Crippen LogP contribution in [-0.2, 0) is 10.0 Å². The fourth-order valence-electron chi connectivity index (χ4n) is 3.73. The Morgan fingerprint density at radius 3 is 2.55 bits per heavy atom. The highest BCUT2D eigenvalue weighted by Gasteiger charge is 2.32. The molecule has 0 bridgehead atoms. The highest BCUT2D eigenvalue weighted by Crippen LogP contribution is 2.26. The molecule has 9 heteroatoms. The molecule has 160 valence electrons. The lowest BCUT2D eigenvalue weighted by molar-refractivity contribution is 0.0901. The number of carbonyl (C=O) groups is 1. The van der Waals surface area contributed by atoms with Gasteiger partial charge in [-0.3, -0.25) is 9.69 Å². The number of amides is 1. The zero-order chi connectivity index (χ0) is 21.0. The summed E-state index contributed by atoms with van der Waals surface area (Å²) in [6, 6.07) is 4.91. The van der Waals surface area contributed by atoms with Gasteiger partial charge in [0.25, 0.3) is 5.91 Å². The molecule has 0 aromatic carbocycles. The van der Waals surface area contributed by atoms with E-state index in [0.29, 0.717) is 19.6 Å². The molecule has 1 N–H and O–H groups in total. The fraction of sp³-hybridized carbons (Fsp3) is 0.550. The minimum Gasteiger partial charge on any atom is -0.468 e. The van der Waals surface area contributed by atoms with Gasteiger partial charge in [-0.15, -0.1) is 0 Å². The highest BCUT2D eigenvalue weighted by molar-refractivity contribution is 7.89. The van der Waals surface area contributed by atoms with Gasteiger partial charge in [0.15, 0.2) is 5.76 Å². The van der Waals surface area contributed by atoms with E-state index in [1.807, 2.05) is 26.0 Å². The van der Waals surface area contributed by atoms with Gasteiger partial charge in [0.05, 0.1) is 12.3 Å². The number of likely N-dealkylation sites (N-methyl/N-ethyl adjacent to an activating group) is 1. The molecule has 1 atom stereocenters. The van der Waals surface area contributed by atoms with Crippen molar-refractivity contribution in [1.82, 2.24) is 14.5 Å². The van der Waals surface area contributed by atoms with Crippen LogP contribution in [0.3, 0.4) is 0 Å². The van der Waals surface area contributed by atoms with E-state index in [9.17, 15) is 13.2 Å². The van der Waals surface area contributed by atoms with Crippen LogP contribution in [0.2, 0.25) is 0 Å². The number of nitrogens with zero attached hydrogens (tertiary/aromatic N) is 2. The SMILES string of the molecule is CCN(CC)C(CNC(=O)c1cc(S(=O)(=O)N2CCCC2)c(C)o1)c1ccco1. The molecular weight excluding hydrogens is 394 g/mol. The summed E-state index contributed by atoms with van der Waals surface area (Å²) >= 11 is 0. The molecule has 8 nitrogen and oxygen atoms in total. The van der Waals surface area contributed by atoms with E-state index >= 15 is 0 Å². The summed E-state index contributed by atoms with van der Waals surface area (Å²) in [6.45, 7) is 8.60. The van der Waals surface area contributed by atoms with Crippen molar-refractivity contribution < 1.29 is 22.0 Å². The van der Waals surface area contributed by atoms with Gasteiger partial charge in [0, 0.05) is 25.7 Å². The molecule has 1 aliphatic rings. The first-order valence-corrected chi connectivity index (χ1v) is 11.5. The predicted molar refractivity (Wildman–Crippen MR) is 108 cm³/mol. The molecule has 0 radical (unpaired) electrons. The number of hydrogen-bond acceptors (Lipinski definition) is 6. The summed E-state index contributed by atoms with van der Waals surface area (Å²) in [4.78, 5) is 14.9. The van der Waals surface area contributed by atoms with E-state index in [4.69, 9.17) is 8.83 Å². The zero-order valence-electron chi connectivity index (χ0n) is 17.2. The van der Waals surface area contributed by atoms with E-state index < -0.39 is 15.9 Å².